The minimum absolute atomic E-state index is 0.0742. The van der Waals surface area contributed by atoms with Crippen LogP contribution in [0.4, 0.5) is 5.69 Å². The van der Waals surface area contributed by atoms with E-state index in [0.717, 1.165) is 18.4 Å². The highest BCUT2D eigenvalue weighted by Crippen LogP contribution is 2.27. The molecular formula is C22H30N2O6S. The van der Waals surface area contributed by atoms with Crippen LogP contribution in [0.1, 0.15) is 42.6 Å². The highest BCUT2D eigenvalue weighted by Gasteiger charge is 2.19. The van der Waals surface area contributed by atoms with Gasteiger partial charge in [-0.25, -0.2) is 17.9 Å². The van der Waals surface area contributed by atoms with Crippen LogP contribution in [0.5, 0.6) is 11.5 Å². The summed E-state index contributed by atoms with van der Waals surface area (Å²) < 4.78 is 38.4. The van der Waals surface area contributed by atoms with Crippen molar-refractivity contribution in [3.05, 3.63) is 47.5 Å². The maximum Gasteiger partial charge on any atom is 0.337 e. The van der Waals surface area contributed by atoms with Gasteiger partial charge >= 0.3 is 5.97 Å². The summed E-state index contributed by atoms with van der Waals surface area (Å²) in [7, 11) is -0.790. The maximum absolute atomic E-state index is 12.7. The van der Waals surface area contributed by atoms with Crippen LogP contribution in [0.15, 0.2) is 41.3 Å². The highest BCUT2D eigenvalue weighted by atomic mass is 32.2. The molecule has 2 rings (SSSR count). The molecule has 9 heteroatoms. The molecule has 2 aromatic rings. The Hall–Kier alpha value is -2.78. The zero-order chi connectivity index (χ0) is 23.0. The van der Waals surface area contributed by atoms with Crippen LogP contribution in [0.3, 0.4) is 0 Å². The van der Waals surface area contributed by atoms with Gasteiger partial charge in [0.2, 0.25) is 10.0 Å². The van der Waals surface area contributed by atoms with Gasteiger partial charge in [0.25, 0.3) is 0 Å². The quantitative estimate of drug-likeness (QED) is 0.453. The van der Waals surface area contributed by atoms with E-state index in [9.17, 15) is 18.3 Å². The molecule has 8 nitrogen and oxygen atoms in total. The Morgan fingerprint density at radius 2 is 1.81 bits per heavy atom. The number of carboxylic acids is 1. The van der Waals surface area contributed by atoms with Crippen molar-refractivity contribution in [3.63, 3.8) is 0 Å². The molecule has 31 heavy (non-hydrogen) atoms. The second kappa shape index (κ2) is 11.0. The Bertz CT molecular complexity index is 1010. The molecule has 0 amide bonds. The minimum Gasteiger partial charge on any atom is -0.493 e. The van der Waals surface area contributed by atoms with Gasteiger partial charge in [0.15, 0.2) is 11.5 Å². The number of carboxylic acid groups (broad SMARTS) is 1. The van der Waals surface area contributed by atoms with Crippen molar-refractivity contribution in [2.75, 3.05) is 26.1 Å². The summed E-state index contributed by atoms with van der Waals surface area (Å²) >= 11 is 0. The number of carbonyl (C=O) groups is 1. The molecule has 0 aliphatic heterocycles. The SMILES string of the molecule is CCC[C@@H](C)Nc1ccc(S(=O)(=O)NCCc2ccc(OC)c(OC)c2)cc1C(=O)O. The third-order valence-corrected chi connectivity index (χ3v) is 6.27. The Balaban J connectivity index is 2.12. The van der Waals surface area contributed by atoms with Gasteiger partial charge in [-0.2, -0.15) is 0 Å². The van der Waals surface area contributed by atoms with E-state index in [1.807, 2.05) is 19.9 Å². The average molecular weight is 451 g/mol. The van der Waals surface area contributed by atoms with Gasteiger partial charge in [-0.05, 0) is 55.7 Å². The Morgan fingerprint density at radius 1 is 1.10 bits per heavy atom. The monoisotopic (exact) mass is 450 g/mol. The third-order valence-electron chi connectivity index (χ3n) is 4.81. The normalized spacial score (nSPS) is 12.3. The number of rotatable bonds is 12. The number of aromatic carboxylic acids is 1. The van der Waals surface area contributed by atoms with Gasteiger partial charge in [-0.15, -0.1) is 0 Å². The molecule has 0 bridgehead atoms. The van der Waals surface area contributed by atoms with Crippen molar-refractivity contribution in [2.45, 2.75) is 44.0 Å². The summed E-state index contributed by atoms with van der Waals surface area (Å²) in [5, 5.41) is 12.7. The van der Waals surface area contributed by atoms with E-state index >= 15 is 0 Å². The predicted octanol–water partition coefficient (Wildman–Crippen LogP) is 3.52. The molecule has 0 unspecified atom stereocenters. The first-order chi connectivity index (χ1) is 14.7. The smallest absolute Gasteiger partial charge is 0.337 e. The standard InChI is InChI=1S/C22H30N2O6S/c1-5-6-15(2)24-19-9-8-17(14-18(19)22(25)26)31(27,28)23-12-11-16-7-10-20(29-3)21(13-16)30-4/h7-10,13-15,23-24H,5-6,11-12H2,1-4H3,(H,25,26)/t15-/m1/s1. The molecule has 0 spiro atoms. The van der Waals surface area contributed by atoms with E-state index in [2.05, 4.69) is 10.0 Å². The Morgan fingerprint density at radius 3 is 2.42 bits per heavy atom. The first-order valence-corrected chi connectivity index (χ1v) is 11.5. The maximum atomic E-state index is 12.7. The lowest BCUT2D eigenvalue weighted by atomic mass is 10.1. The van der Waals surface area contributed by atoms with Crippen molar-refractivity contribution in [3.8, 4) is 11.5 Å². The lowest BCUT2D eigenvalue weighted by Crippen LogP contribution is -2.26. The van der Waals surface area contributed by atoms with Gasteiger partial charge in [-0.1, -0.05) is 19.4 Å². The van der Waals surface area contributed by atoms with E-state index in [4.69, 9.17) is 9.47 Å². The number of anilines is 1. The molecule has 0 saturated heterocycles. The molecule has 0 saturated carbocycles. The van der Waals surface area contributed by atoms with Gasteiger partial charge < -0.3 is 19.9 Å². The topological polar surface area (TPSA) is 114 Å². The zero-order valence-electron chi connectivity index (χ0n) is 18.3. The van der Waals surface area contributed by atoms with Gasteiger partial charge in [0.1, 0.15) is 0 Å². The molecule has 170 valence electrons. The number of hydrogen-bond donors (Lipinski definition) is 3. The Labute approximate surface area is 183 Å². The van der Waals surface area contributed by atoms with Crippen LogP contribution in [-0.2, 0) is 16.4 Å². The molecule has 1 atom stereocenters. The van der Waals surface area contributed by atoms with E-state index < -0.39 is 16.0 Å². The minimum atomic E-state index is -3.87. The van der Waals surface area contributed by atoms with Crippen molar-refractivity contribution < 1.29 is 27.8 Å². The van der Waals surface area contributed by atoms with E-state index in [1.165, 1.54) is 25.3 Å². The number of ether oxygens (including phenoxy) is 2. The fraction of sp³-hybridized carbons (Fsp3) is 0.409. The van der Waals surface area contributed by atoms with Gasteiger partial charge in [0, 0.05) is 18.3 Å². The average Bonchev–Trinajstić information content (AvgIpc) is 2.73. The summed E-state index contributed by atoms with van der Waals surface area (Å²) in [5.74, 6) is -0.0297. The summed E-state index contributed by atoms with van der Waals surface area (Å²) in [6.07, 6.45) is 2.25. The van der Waals surface area contributed by atoms with Crippen LogP contribution in [0, 0.1) is 0 Å². The number of sulfonamides is 1. The summed E-state index contributed by atoms with van der Waals surface area (Å²) in [6, 6.07) is 9.54. The molecule has 3 N–H and O–H groups in total. The lowest BCUT2D eigenvalue weighted by Gasteiger charge is -2.17. The molecule has 0 fully saturated rings. The Kier molecular flexibility index (Phi) is 8.70. The second-order valence-electron chi connectivity index (χ2n) is 7.18. The van der Waals surface area contributed by atoms with Gasteiger partial charge in [0.05, 0.1) is 24.7 Å². The first-order valence-electron chi connectivity index (χ1n) is 10.1. The van der Waals surface area contributed by atoms with Crippen LogP contribution in [-0.4, -0.2) is 46.3 Å². The molecule has 0 aliphatic rings. The first kappa shape index (κ1) is 24.5. The lowest BCUT2D eigenvalue weighted by molar-refractivity contribution is 0.0697. The molecule has 2 aromatic carbocycles. The number of methoxy groups -OCH3 is 2. The molecule has 0 heterocycles. The molecular weight excluding hydrogens is 420 g/mol. The van der Waals surface area contributed by atoms with Gasteiger partial charge in [-0.3, -0.25) is 0 Å². The second-order valence-corrected chi connectivity index (χ2v) is 8.95. The predicted molar refractivity (Wildman–Crippen MR) is 120 cm³/mol. The number of nitrogens with one attached hydrogen (secondary N) is 2. The number of hydrogen-bond acceptors (Lipinski definition) is 6. The summed E-state index contributed by atoms with van der Waals surface area (Å²) in [6.45, 7) is 4.14. The third kappa shape index (κ3) is 6.60. The van der Waals surface area contributed by atoms with Crippen LogP contribution in [0.2, 0.25) is 0 Å². The highest BCUT2D eigenvalue weighted by molar-refractivity contribution is 7.89. The van der Waals surface area contributed by atoms with Crippen LogP contribution in [0.25, 0.3) is 0 Å². The largest absolute Gasteiger partial charge is 0.493 e. The molecule has 0 aromatic heterocycles. The van der Waals surface area contributed by atoms with Crippen molar-refractivity contribution in [1.82, 2.24) is 4.72 Å². The fourth-order valence-corrected chi connectivity index (χ4v) is 4.27. The van der Waals surface area contributed by atoms with Crippen LogP contribution >= 0.6 is 0 Å². The van der Waals surface area contributed by atoms with E-state index in [0.29, 0.717) is 23.6 Å². The summed E-state index contributed by atoms with van der Waals surface area (Å²) in [5.41, 5.74) is 1.19. The van der Waals surface area contributed by atoms with E-state index in [-0.39, 0.29) is 23.0 Å². The van der Waals surface area contributed by atoms with Crippen LogP contribution < -0.4 is 19.5 Å². The van der Waals surface area contributed by atoms with Crippen molar-refractivity contribution in [1.29, 1.82) is 0 Å². The van der Waals surface area contributed by atoms with Crippen molar-refractivity contribution >= 4 is 21.7 Å². The number of benzene rings is 2. The zero-order valence-corrected chi connectivity index (χ0v) is 19.1. The summed E-state index contributed by atoms with van der Waals surface area (Å²) in [4.78, 5) is 11.6. The fourth-order valence-electron chi connectivity index (χ4n) is 3.21. The van der Waals surface area contributed by atoms with E-state index in [1.54, 1.807) is 19.2 Å². The molecule has 0 aliphatic carbocycles. The molecule has 0 radical (unpaired) electrons. The van der Waals surface area contributed by atoms with Crippen molar-refractivity contribution in [2.24, 2.45) is 0 Å².